The summed E-state index contributed by atoms with van der Waals surface area (Å²) >= 11 is 7.46. The number of nitrogens with one attached hydrogen (secondary N) is 1. The molecular weight excluding hydrogens is 430 g/mol. The van der Waals surface area contributed by atoms with Crippen LogP contribution in [0, 0.1) is 0 Å². The predicted molar refractivity (Wildman–Crippen MR) is 117 cm³/mol. The maximum absolute atomic E-state index is 13.0. The summed E-state index contributed by atoms with van der Waals surface area (Å²) in [4.78, 5) is 16.8. The first kappa shape index (κ1) is 21.2. The van der Waals surface area contributed by atoms with E-state index >= 15 is 0 Å². The number of thioether (sulfide) groups is 1. The van der Waals surface area contributed by atoms with Crippen molar-refractivity contribution in [2.45, 2.75) is 9.92 Å². The summed E-state index contributed by atoms with van der Waals surface area (Å²) in [5.74, 6) is -0.425. The third-order valence-electron chi connectivity index (χ3n) is 4.13. The summed E-state index contributed by atoms with van der Waals surface area (Å²) in [6.07, 6.45) is 3.46. The highest BCUT2D eigenvalue weighted by atomic mass is 35.5. The number of benzene rings is 2. The lowest BCUT2D eigenvalue weighted by Crippen LogP contribution is -2.26. The van der Waals surface area contributed by atoms with E-state index in [2.05, 4.69) is 10.3 Å². The fourth-order valence-electron chi connectivity index (χ4n) is 2.54. The zero-order chi connectivity index (χ0) is 21.0. The predicted octanol–water partition coefficient (Wildman–Crippen LogP) is 4.53. The van der Waals surface area contributed by atoms with Gasteiger partial charge in [-0.05, 0) is 54.8 Å². The molecule has 2 aromatic carbocycles. The molecule has 0 bridgehead atoms. The molecule has 1 heterocycles. The monoisotopic (exact) mass is 447 g/mol. The molecule has 0 atom stereocenters. The van der Waals surface area contributed by atoms with Crippen molar-refractivity contribution >= 4 is 50.7 Å². The molecule has 150 valence electrons. The molecule has 0 radical (unpaired) electrons. The van der Waals surface area contributed by atoms with E-state index in [1.54, 1.807) is 48.7 Å². The van der Waals surface area contributed by atoms with Crippen molar-refractivity contribution in [1.82, 2.24) is 4.98 Å². The second-order valence-corrected chi connectivity index (χ2v) is 9.26. The Morgan fingerprint density at radius 2 is 1.86 bits per heavy atom. The molecular formula is C20H18ClN3O3S2. The van der Waals surface area contributed by atoms with Gasteiger partial charge in [-0.1, -0.05) is 23.7 Å². The smallest absolute Gasteiger partial charge is 0.264 e. The number of amides is 1. The molecule has 3 rings (SSSR count). The molecule has 0 spiro atoms. The van der Waals surface area contributed by atoms with Crippen LogP contribution in [-0.4, -0.2) is 32.6 Å². The van der Waals surface area contributed by atoms with Crippen LogP contribution in [0.1, 0.15) is 10.4 Å². The third-order valence-corrected chi connectivity index (χ3v) is 6.81. The number of aromatic nitrogens is 1. The number of halogens is 1. The standard InChI is InChI=1S/C20H18ClN3O3S2/c1-24(17-7-4-6-15(21)12-17)29(26,27)18-8-3-5-14(11-18)20(25)23-16-9-10-19(28-2)22-13-16/h3-13H,1-2H3,(H,23,25). The molecule has 0 unspecified atom stereocenters. The largest absolute Gasteiger partial charge is 0.321 e. The summed E-state index contributed by atoms with van der Waals surface area (Å²) in [7, 11) is -2.43. The number of carbonyl (C=O) groups excluding carboxylic acids is 1. The maximum atomic E-state index is 13.0. The third kappa shape index (κ3) is 4.90. The Labute approximate surface area is 179 Å². The zero-order valence-corrected chi connectivity index (χ0v) is 18.1. The van der Waals surface area contributed by atoms with Gasteiger partial charge in [0.15, 0.2) is 0 Å². The summed E-state index contributed by atoms with van der Waals surface area (Å²) in [6, 6.07) is 15.9. The molecule has 0 saturated carbocycles. The van der Waals surface area contributed by atoms with Crippen molar-refractivity contribution in [3.05, 3.63) is 77.4 Å². The number of pyridine rings is 1. The topological polar surface area (TPSA) is 79.4 Å². The van der Waals surface area contributed by atoms with Gasteiger partial charge in [-0.15, -0.1) is 11.8 Å². The first-order valence-electron chi connectivity index (χ1n) is 8.47. The molecule has 3 aromatic rings. The Bertz CT molecular complexity index is 1140. The SMILES string of the molecule is CSc1ccc(NC(=O)c2cccc(S(=O)(=O)N(C)c3cccc(Cl)c3)c2)cn1. The van der Waals surface area contributed by atoms with Gasteiger partial charge in [0.25, 0.3) is 15.9 Å². The maximum Gasteiger partial charge on any atom is 0.264 e. The van der Waals surface area contributed by atoms with E-state index in [0.717, 1.165) is 9.33 Å². The van der Waals surface area contributed by atoms with Crippen molar-refractivity contribution in [1.29, 1.82) is 0 Å². The second-order valence-electron chi connectivity index (χ2n) is 6.02. The molecule has 9 heteroatoms. The van der Waals surface area contributed by atoms with Crippen molar-refractivity contribution in [3.63, 3.8) is 0 Å². The first-order valence-corrected chi connectivity index (χ1v) is 11.5. The minimum Gasteiger partial charge on any atom is -0.321 e. The summed E-state index contributed by atoms with van der Waals surface area (Å²) in [5.41, 5.74) is 1.17. The average molecular weight is 448 g/mol. The lowest BCUT2D eigenvalue weighted by Gasteiger charge is -2.20. The van der Waals surface area contributed by atoms with Gasteiger partial charge in [0.2, 0.25) is 0 Å². The van der Waals surface area contributed by atoms with Crippen LogP contribution in [-0.2, 0) is 10.0 Å². The van der Waals surface area contributed by atoms with Crippen LogP contribution < -0.4 is 9.62 Å². The molecule has 0 aliphatic heterocycles. The minimum atomic E-state index is -3.87. The molecule has 0 fully saturated rings. The molecule has 29 heavy (non-hydrogen) atoms. The van der Waals surface area contributed by atoms with E-state index in [4.69, 9.17) is 11.6 Å². The number of carbonyl (C=O) groups is 1. The van der Waals surface area contributed by atoms with Gasteiger partial charge in [-0.2, -0.15) is 0 Å². The number of rotatable bonds is 6. The van der Waals surface area contributed by atoms with Gasteiger partial charge in [0.05, 0.1) is 27.5 Å². The van der Waals surface area contributed by atoms with E-state index in [9.17, 15) is 13.2 Å². The molecule has 1 aromatic heterocycles. The van der Waals surface area contributed by atoms with E-state index in [1.165, 1.54) is 37.0 Å². The van der Waals surface area contributed by atoms with Crippen LogP contribution in [0.4, 0.5) is 11.4 Å². The van der Waals surface area contributed by atoms with Crippen molar-refractivity contribution in [2.24, 2.45) is 0 Å². The Hall–Kier alpha value is -2.55. The Kier molecular flexibility index (Phi) is 6.46. The van der Waals surface area contributed by atoms with Crippen LogP contribution in [0.3, 0.4) is 0 Å². The second kappa shape index (κ2) is 8.86. The van der Waals surface area contributed by atoms with E-state index in [0.29, 0.717) is 16.4 Å². The molecule has 0 aliphatic rings. The van der Waals surface area contributed by atoms with Gasteiger partial charge >= 0.3 is 0 Å². The molecule has 6 nitrogen and oxygen atoms in total. The van der Waals surface area contributed by atoms with Gasteiger partial charge < -0.3 is 5.32 Å². The Morgan fingerprint density at radius 3 is 2.52 bits per heavy atom. The van der Waals surface area contributed by atoms with Gasteiger partial charge in [0, 0.05) is 17.6 Å². The molecule has 0 saturated heterocycles. The first-order chi connectivity index (χ1) is 13.8. The summed E-state index contributed by atoms with van der Waals surface area (Å²) in [5, 5.41) is 3.98. The van der Waals surface area contributed by atoms with Crippen molar-refractivity contribution in [3.8, 4) is 0 Å². The zero-order valence-electron chi connectivity index (χ0n) is 15.7. The Morgan fingerprint density at radius 1 is 1.10 bits per heavy atom. The van der Waals surface area contributed by atoms with Crippen LogP contribution >= 0.6 is 23.4 Å². The average Bonchev–Trinajstić information content (AvgIpc) is 2.73. The highest BCUT2D eigenvalue weighted by Crippen LogP contribution is 2.25. The number of hydrogen-bond acceptors (Lipinski definition) is 5. The lowest BCUT2D eigenvalue weighted by atomic mass is 10.2. The fourth-order valence-corrected chi connectivity index (χ4v) is 4.33. The number of hydrogen-bond donors (Lipinski definition) is 1. The molecule has 0 aliphatic carbocycles. The van der Waals surface area contributed by atoms with Crippen molar-refractivity contribution < 1.29 is 13.2 Å². The van der Waals surface area contributed by atoms with Gasteiger partial charge in [-0.25, -0.2) is 13.4 Å². The van der Waals surface area contributed by atoms with Crippen LogP contribution in [0.15, 0.2) is 76.8 Å². The number of sulfonamides is 1. The highest BCUT2D eigenvalue weighted by molar-refractivity contribution is 7.98. The summed E-state index contributed by atoms with van der Waals surface area (Å²) in [6.45, 7) is 0. The normalized spacial score (nSPS) is 11.1. The Balaban J connectivity index is 1.84. The van der Waals surface area contributed by atoms with E-state index < -0.39 is 15.9 Å². The van der Waals surface area contributed by atoms with Crippen molar-refractivity contribution in [2.75, 3.05) is 22.9 Å². The highest BCUT2D eigenvalue weighted by Gasteiger charge is 2.22. The molecule has 1 N–H and O–H groups in total. The van der Waals surface area contributed by atoms with Crippen LogP contribution in [0.25, 0.3) is 0 Å². The van der Waals surface area contributed by atoms with E-state index in [1.807, 2.05) is 6.26 Å². The lowest BCUT2D eigenvalue weighted by molar-refractivity contribution is 0.102. The van der Waals surface area contributed by atoms with Crippen LogP contribution in [0.5, 0.6) is 0 Å². The summed E-state index contributed by atoms with van der Waals surface area (Å²) < 4.78 is 27.1. The molecule has 1 amide bonds. The quantitative estimate of drug-likeness (QED) is 0.561. The van der Waals surface area contributed by atoms with Crippen LogP contribution in [0.2, 0.25) is 5.02 Å². The number of nitrogens with zero attached hydrogens (tertiary/aromatic N) is 2. The fraction of sp³-hybridized carbons (Fsp3) is 0.100. The van der Waals surface area contributed by atoms with Gasteiger partial charge in [-0.3, -0.25) is 9.10 Å². The van der Waals surface area contributed by atoms with Gasteiger partial charge in [0.1, 0.15) is 0 Å². The van der Waals surface area contributed by atoms with E-state index in [-0.39, 0.29) is 10.5 Å². The number of anilines is 2. The minimum absolute atomic E-state index is 0.00322.